The fourth-order valence-corrected chi connectivity index (χ4v) is 4.58. The van der Waals surface area contributed by atoms with E-state index in [9.17, 15) is 13.2 Å². The van der Waals surface area contributed by atoms with Crippen LogP contribution in [-0.4, -0.2) is 50.2 Å². The van der Waals surface area contributed by atoms with Gasteiger partial charge in [-0.15, -0.1) is 0 Å². The third-order valence-corrected chi connectivity index (χ3v) is 7.06. The molecule has 6 nitrogen and oxygen atoms in total. The van der Waals surface area contributed by atoms with Crippen LogP contribution in [0.25, 0.3) is 10.9 Å². The molecule has 1 aromatic carbocycles. The topological polar surface area (TPSA) is 68.6 Å². The number of aryl methyl sites for hydroxylation is 2. The number of hydrogen-bond donors (Lipinski definition) is 0. The Balaban J connectivity index is 1.96. The SMILES string of the molecule is COC(=O)c1ccc2c(c1)c1c(n2CCCS(=O)(=O)N(C)C)CCCC1. The van der Waals surface area contributed by atoms with E-state index in [1.807, 2.05) is 12.1 Å². The minimum Gasteiger partial charge on any atom is -0.465 e. The van der Waals surface area contributed by atoms with Crippen molar-refractivity contribution >= 4 is 26.9 Å². The third-order valence-electron chi connectivity index (χ3n) is 5.14. The van der Waals surface area contributed by atoms with Crippen LogP contribution in [0.4, 0.5) is 0 Å². The molecule has 2 aromatic rings. The van der Waals surface area contributed by atoms with E-state index in [4.69, 9.17) is 4.74 Å². The van der Waals surface area contributed by atoms with Crippen LogP contribution in [0.5, 0.6) is 0 Å². The van der Waals surface area contributed by atoms with Crippen molar-refractivity contribution in [3.05, 3.63) is 35.0 Å². The molecule has 0 aliphatic heterocycles. The molecule has 142 valence electrons. The first-order valence-corrected chi connectivity index (χ1v) is 10.6. The summed E-state index contributed by atoms with van der Waals surface area (Å²) in [5, 5.41) is 1.10. The highest BCUT2D eigenvalue weighted by Gasteiger charge is 2.22. The van der Waals surface area contributed by atoms with Crippen LogP contribution in [0.1, 0.15) is 40.9 Å². The first kappa shape index (κ1) is 18.9. The van der Waals surface area contributed by atoms with E-state index >= 15 is 0 Å². The van der Waals surface area contributed by atoms with Gasteiger partial charge in [-0.3, -0.25) is 0 Å². The van der Waals surface area contributed by atoms with Crippen LogP contribution in [0.15, 0.2) is 18.2 Å². The van der Waals surface area contributed by atoms with Crippen molar-refractivity contribution in [3.8, 4) is 0 Å². The van der Waals surface area contributed by atoms with Crippen LogP contribution in [-0.2, 0) is 34.1 Å². The van der Waals surface area contributed by atoms with Gasteiger partial charge < -0.3 is 9.30 Å². The molecular formula is C19H26N2O4S. The van der Waals surface area contributed by atoms with Gasteiger partial charge in [-0.05, 0) is 55.9 Å². The fourth-order valence-electron chi connectivity index (χ4n) is 3.72. The first-order chi connectivity index (χ1) is 12.3. The fraction of sp³-hybridized carbons (Fsp3) is 0.526. The summed E-state index contributed by atoms with van der Waals surface area (Å²) in [5.74, 6) is -0.199. The second kappa shape index (κ2) is 7.40. The number of sulfonamides is 1. The molecule has 0 radical (unpaired) electrons. The van der Waals surface area contributed by atoms with Crippen molar-refractivity contribution in [1.29, 1.82) is 0 Å². The molecule has 0 bridgehead atoms. The number of rotatable bonds is 6. The zero-order valence-electron chi connectivity index (χ0n) is 15.6. The molecule has 0 spiro atoms. The Morgan fingerprint density at radius 1 is 1.23 bits per heavy atom. The van der Waals surface area contributed by atoms with Gasteiger partial charge in [0.1, 0.15) is 0 Å². The minimum atomic E-state index is -3.19. The summed E-state index contributed by atoms with van der Waals surface area (Å²) in [6.45, 7) is 0.663. The lowest BCUT2D eigenvalue weighted by Gasteiger charge is -2.16. The number of benzene rings is 1. The number of esters is 1. The number of ether oxygens (including phenoxy) is 1. The molecule has 1 aromatic heterocycles. The molecule has 1 aliphatic carbocycles. The molecule has 1 heterocycles. The lowest BCUT2D eigenvalue weighted by Crippen LogP contribution is -2.25. The molecule has 0 saturated carbocycles. The maximum Gasteiger partial charge on any atom is 0.337 e. The number of carbonyl (C=O) groups excluding carboxylic acids is 1. The summed E-state index contributed by atoms with van der Waals surface area (Å²) in [5.41, 5.74) is 4.22. The maximum absolute atomic E-state index is 12.0. The Morgan fingerprint density at radius 2 is 1.96 bits per heavy atom. The van der Waals surface area contributed by atoms with E-state index in [0.717, 1.165) is 36.6 Å². The molecule has 1 aliphatic rings. The molecule has 0 atom stereocenters. The molecule has 3 rings (SSSR count). The Bertz CT molecular complexity index is 929. The van der Waals surface area contributed by atoms with Crippen LogP contribution >= 0.6 is 0 Å². The average Bonchev–Trinajstić information content (AvgIpc) is 2.94. The minimum absolute atomic E-state index is 0.134. The summed E-state index contributed by atoms with van der Waals surface area (Å²) in [4.78, 5) is 11.9. The first-order valence-electron chi connectivity index (χ1n) is 8.97. The standard InChI is InChI=1S/C19H26N2O4S/c1-20(2)26(23,24)12-6-11-21-17-8-5-4-7-15(17)16-13-14(19(22)25-3)9-10-18(16)21/h9-10,13H,4-8,11-12H2,1-3H3. The summed E-state index contributed by atoms with van der Waals surface area (Å²) < 4.78 is 32.4. The quantitative estimate of drug-likeness (QED) is 0.725. The second-order valence-electron chi connectivity index (χ2n) is 6.96. The van der Waals surface area contributed by atoms with Crippen LogP contribution in [0.2, 0.25) is 0 Å². The molecule has 0 fully saturated rings. The normalized spacial score (nSPS) is 14.6. The van der Waals surface area contributed by atoms with E-state index in [1.54, 1.807) is 20.2 Å². The third kappa shape index (κ3) is 3.50. The van der Waals surface area contributed by atoms with E-state index < -0.39 is 10.0 Å². The number of fused-ring (bicyclic) bond motifs is 3. The Kier molecular flexibility index (Phi) is 5.39. The Labute approximate surface area is 154 Å². The summed E-state index contributed by atoms with van der Waals surface area (Å²) in [6, 6.07) is 5.66. The zero-order valence-corrected chi connectivity index (χ0v) is 16.4. The number of carbonyl (C=O) groups is 1. The van der Waals surface area contributed by atoms with Gasteiger partial charge in [0.2, 0.25) is 10.0 Å². The van der Waals surface area contributed by atoms with Crippen molar-refractivity contribution in [3.63, 3.8) is 0 Å². The van der Waals surface area contributed by atoms with E-state index in [0.29, 0.717) is 18.5 Å². The van der Waals surface area contributed by atoms with Gasteiger partial charge in [-0.1, -0.05) is 0 Å². The predicted molar refractivity (Wildman–Crippen MR) is 102 cm³/mol. The van der Waals surface area contributed by atoms with Gasteiger partial charge in [0.05, 0.1) is 18.4 Å². The highest BCUT2D eigenvalue weighted by atomic mass is 32.2. The van der Waals surface area contributed by atoms with Crippen molar-refractivity contribution in [1.82, 2.24) is 8.87 Å². The smallest absolute Gasteiger partial charge is 0.337 e. The number of aromatic nitrogens is 1. The molecule has 0 saturated heterocycles. The van der Waals surface area contributed by atoms with Gasteiger partial charge in [-0.2, -0.15) is 0 Å². The molecular weight excluding hydrogens is 352 g/mol. The van der Waals surface area contributed by atoms with Crippen LogP contribution < -0.4 is 0 Å². The van der Waals surface area contributed by atoms with Crippen molar-refractivity contribution in [2.45, 2.75) is 38.6 Å². The number of methoxy groups -OCH3 is 1. The zero-order chi connectivity index (χ0) is 18.9. The summed E-state index contributed by atoms with van der Waals surface area (Å²) >= 11 is 0. The number of nitrogens with zero attached hydrogens (tertiary/aromatic N) is 2. The second-order valence-corrected chi connectivity index (χ2v) is 9.26. The molecule has 0 N–H and O–H groups in total. The predicted octanol–water partition coefficient (Wildman–Crippen LogP) is 2.59. The van der Waals surface area contributed by atoms with Crippen molar-refractivity contribution < 1.29 is 17.9 Å². The molecule has 0 unspecified atom stereocenters. The van der Waals surface area contributed by atoms with Gasteiger partial charge in [0.25, 0.3) is 0 Å². The lowest BCUT2D eigenvalue weighted by atomic mass is 9.95. The van der Waals surface area contributed by atoms with E-state index in [1.165, 1.54) is 22.7 Å². The van der Waals surface area contributed by atoms with E-state index in [2.05, 4.69) is 4.57 Å². The van der Waals surface area contributed by atoms with Gasteiger partial charge in [-0.25, -0.2) is 17.5 Å². The van der Waals surface area contributed by atoms with Gasteiger partial charge in [0.15, 0.2) is 0 Å². The molecule has 7 heteroatoms. The van der Waals surface area contributed by atoms with Gasteiger partial charge in [0, 0.05) is 37.2 Å². The largest absolute Gasteiger partial charge is 0.465 e. The van der Waals surface area contributed by atoms with E-state index in [-0.39, 0.29) is 11.7 Å². The monoisotopic (exact) mass is 378 g/mol. The van der Waals surface area contributed by atoms with Crippen LogP contribution in [0.3, 0.4) is 0 Å². The average molecular weight is 378 g/mol. The Morgan fingerprint density at radius 3 is 2.65 bits per heavy atom. The molecule has 26 heavy (non-hydrogen) atoms. The highest BCUT2D eigenvalue weighted by Crippen LogP contribution is 2.33. The highest BCUT2D eigenvalue weighted by molar-refractivity contribution is 7.89. The summed E-state index contributed by atoms with van der Waals surface area (Å²) in [7, 11) is 1.33. The van der Waals surface area contributed by atoms with Gasteiger partial charge >= 0.3 is 5.97 Å². The summed E-state index contributed by atoms with van der Waals surface area (Å²) in [6.07, 6.45) is 4.85. The van der Waals surface area contributed by atoms with Crippen LogP contribution in [0, 0.1) is 0 Å². The Hall–Kier alpha value is -1.86. The van der Waals surface area contributed by atoms with Crippen molar-refractivity contribution in [2.24, 2.45) is 0 Å². The van der Waals surface area contributed by atoms with Crippen molar-refractivity contribution in [2.75, 3.05) is 27.0 Å². The molecule has 0 amide bonds. The number of hydrogen-bond acceptors (Lipinski definition) is 4. The maximum atomic E-state index is 12.0. The lowest BCUT2D eigenvalue weighted by molar-refractivity contribution is 0.0601.